The maximum atomic E-state index is 3.75. The van der Waals surface area contributed by atoms with Crippen LogP contribution in [-0.2, 0) is 0 Å². The summed E-state index contributed by atoms with van der Waals surface area (Å²) in [5, 5.41) is 3.75. The molecular weight excluding hydrogens is 234 g/mol. The Hall–Kier alpha value is -0.120. The van der Waals surface area contributed by atoms with Crippen LogP contribution in [0.4, 0.5) is 0 Å². The van der Waals surface area contributed by atoms with E-state index >= 15 is 0 Å². The maximum Gasteiger partial charge on any atom is 0.0330 e. The van der Waals surface area contributed by atoms with Gasteiger partial charge in [-0.25, -0.2) is 0 Å². The number of rotatable bonds is 7. The third-order valence-electron chi connectivity index (χ3n) is 5.33. The van der Waals surface area contributed by atoms with Gasteiger partial charge in [0.25, 0.3) is 0 Å². The predicted molar refractivity (Wildman–Crippen MR) is 82.6 cm³/mol. The molecule has 0 aromatic rings. The highest BCUT2D eigenvalue weighted by Gasteiger charge is 2.39. The second-order valence-corrected chi connectivity index (χ2v) is 7.00. The molecule has 0 aromatic carbocycles. The molecule has 0 aliphatic heterocycles. The number of hydrogen-bond acceptors (Lipinski definition) is 3. The molecule has 3 nitrogen and oxygen atoms in total. The van der Waals surface area contributed by atoms with Gasteiger partial charge >= 0.3 is 0 Å². The van der Waals surface area contributed by atoms with Gasteiger partial charge in [-0.3, -0.25) is 0 Å². The molecule has 2 aliphatic rings. The lowest BCUT2D eigenvalue weighted by Gasteiger charge is -2.49. The Morgan fingerprint density at radius 1 is 1.00 bits per heavy atom. The fraction of sp³-hybridized carbons (Fsp3) is 1.00. The minimum atomic E-state index is 0.472. The third-order valence-corrected chi connectivity index (χ3v) is 5.33. The summed E-state index contributed by atoms with van der Waals surface area (Å²) in [5.41, 5.74) is 0.472. The third kappa shape index (κ3) is 4.17. The summed E-state index contributed by atoms with van der Waals surface area (Å²) in [6.07, 6.45) is 11.3. The van der Waals surface area contributed by atoms with Crippen molar-refractivity contribution in [2.45, 2.75) is 62.9 Å². The highest BCUT2D eigenvalue weighted by Crippen LogP contribution is 2.36. The Bertz CT molecular complexity index is 255. The van der Waals surface area contributed by atoms with Crippen molar-refractivity contribution in [3.05, 3.63) is 0 Å². The van der Waals surface area contributed by atoms with Crippen molar-refractivity contribution >= 4 is 0 Å². The average molecular weight is 267 g/mol. The summed E-state index contributed by atoms with van der Waals surface area (Å²) in [7, 11) is 6.77. The monoisotopic (exact) mass is 267 g/mol. The molecule has 0 saturated heterocycles. The summed E-state index contributed by atoms with van der Waals surface area (Å²) in [4.78, 5) is 4.97. The van der Waals surface area contributed by atoms with E-state index in [0.717, 1.165) is 12.6 Å². The largest absolute Gasteiger partial charge is 0.313 e. The zero-order valence-corrected chi connectivity index (χ0v) is 13.2. The minimum absolute atomic E-state index is 0.472. The van der Waals surface area contributed by atoms with E-state index in [1.165, 1.54) is 64.5 Å². The zero-order valence-electron chi connectivity index (χ0n) is 13.2. The van der Waals surface area contributed by atoms with Crippen LogP contribution in [-0.4, -0.2) is 62.2 Å². The van der Waals surface area contributed by atoms with Gasteiger partial charge in [0.2, 0.25) is 0 Å². The molecule has 0 aromatic heterocycles. The smallest absolute Gasteiger partial charge is 0.0330 e. The van der Waals surface area contributed by atoms with Gasteiger partial charge in [-0.1, -0.05) is 19.3 Å². The van der Waals surface area contributed by atoms with Gasteiger partial charge < -0.3 is 15.1 Å². The number of hydrogen-bond donors (Lipinski definition) is 1. The Balaban J connectivity index is 1.62. The molecule has 2 rings (SSSR count). The first-order chi connectivity index (χ1) is 9.12. The van der Waals surface area contributed by atoms with E-state index in [4.69, 9.17) is 0 Å². The molecule has 0 heterocycles. The molecule has 3 heteroatoms. The summed E-state index contributed by atoms with van der Waals surface area (Å²) < 4.78 is 0. The normalized spacial score (nSPS) is 23.8. The molecule has 0 unspecified atom stereocenters. The van der Waals surface area contributed by atoms with E-state index in [2.05, 4.69) is 36.3 Å². The lowest BCUT2D eigenvalue weighted by atomic mass is 9.75. The molecule has 2 saturated carbocycles. The van der Waals surface area contributed by atoms with E-state index in [9.17, 15) is 0 Å². The second kappa shape index (κ2) is 7.05. The fourth-order valence-corrected chi connectivity index (χ4v) is 3.68. The van der Waals surface area contributed by atoms with Crippen molar-refractivity contribution in [3.63, 3.8) is 0 Å². The van der Waals surface area contributed by atoms with Gasteiger partial charge in [-0.05, 0) is 53.2 Å². The van der Waals surface area contributed by atoms with Gasteiger partial charge in [-0.2, -0.15) is 0 Å². The Morgan fingerprint density at radius 3 is 2.21 bits per heavy atom. The molecule has 0 atom stereocenters. The van der Waals surface area contributed by atoms with Crippen LogP contribution in [0.5, 0.6) is 0 Å². The first-order valence-corrected chi connectivity index (χ1v) is 8.22. The van der Waals surface area contributed by atoms with Gasteiger partial charge in [0, 0.05) is 31.2 Å². The zero-order chi connectivity index (χ0) is 13.7. The van der Waals surface area contributed by atoms with Crippen molar-refractivity contribution in [1.82, 2.24) is 15.1 Å². The summed E-state index contributed by atoms with van der Waals surface area (Å²) >= 11 is 0. The van der Waals surface area contributed by atoms with Crippen molar-refractivity contribution in [3.8, 4) is 0 Å². The van der Waals surface area contributed by atoms with E-state index in [1.807, 2.05) is 0 Å². The lowest BCUT2D eigenvalue weighted by molar-refractivity contribution is 0.0280. The van der Waals surface area contributed by atoms with Crippen molar-refractivity contribution in [2.75, 3.05) is 40.8 Å². The van der Waals surface area contributed by atoms with Gasteiger partial charge in [0.05, 0.1) is 0 Å². The van der Waals surface area contributed by atoms with Crippen LogP contribution >= 0.6 is 0 Å². The molecule has 19 heavy (non-hydrogen) atoms. The number of nitrogens with one attached hydrogen (secondary N) is 1. The standard InChI is InChI=1S/C16H33N3/c1-18(2)16(10-7-11-16)14-19(3)13-12-17-15-8-5-4-6-9-15/h15,17H,4-14H2,1-3H3. The SMILES string of the molecule is CN(CCNC1CCCCC1)CC1(N(C)C)CCC1. The molecule has 0 bridgehead atoms. The van der Waals surface area contributed by atoms with Crippen LogP contribution < -0.4 is 5.32 Å². The van der Waals surface area contributed by atoms with Crippen LogP contribution in [0.2, 0.25) is 0 Å². The predicted octanol–water partition coefficient (Wildman–Crippen LogP) is 2.32. The van der Waals surface area contributed by atoms with Gasteiger partial charge in [0.15, 0.2) is 0 Å². The molecule has 2 aliphatic carbocycles. The van der Waals surface area contributed by atoms with Crippen LogP contribution in [0.1, 0.15) is 51.4 Å². The lowest BCUT2D eigenvalue weighted by Crippen LogP contribution is -2.57. The van der Waals surface area contributed by atoms with E-state index in [1.54, 1.807) is 0 Å². The van der Waals surface area contributed by atoms with Gasteiger partial charge in [0.1, 0.15) is 0 Å². The highest BCUT2D eigenvalue weighted by molar-refractivity contribution is 4.97. The van der Waals surface area contributed by atoms with Crippen LogP contribution in [0.3, 0.4) is 0 Å². The Morgan fingerprint density at radius 2 is 1.68 bits per heavy atom. The Kier molecular flexibility index (Phi) is 5.67. The topological polar surface area (TPSA) is 18.5 Å². The molecule has 0 amide bonds. The molecule has 1 N–H and O–H groups in total. The maximum absolute atomic E-state index is 3.75. The van der Waals surface area contributed by atoms with E-state index in [-0.39, 0.29) is 0 Å². The number of likely N-dealkylation sites (N-methyl/N-ethyl adjacent to an activating group) is 2. The number of nitrogens with zero attached hydrogens (tertiary/aromatic N) is 2. The minimum Gasteiger partial charge on any atom is -0.313 e. The molecule has 0 spiro atoms. The van der Waals surface area contributed by atoms with E-state index in [0.29, 0.717) is 5.54 Å². The summed E-state index contributed by atoms with van der Waals surface area (Å²) in [5.74, 6) is 0. The second-order valence-electron chi connectivity index (χ2n) is 7.00. The average Bonchev–Trinajstić information content (AvgIpc) is 2.34. The van der Waals surface area contributed by atoms with Crippen molar-refractivity contribution < 1.29 is 0 Å². The molecule has 0 radical (unpaired) electrons. The van der Waals surface area contributed by atoms with E-state index < -0.39 is 0 Å². The van der Waals surface area contributed by atoms with Gasteiger partial charge in [-0.15, -0.1) is 0 Å². The summed E-state index contributed by atoms with van der Waals surface area (Å²) in [6, 6.07) is 0.800. The quantitative estimate of drug-likeness (QED) is 0.764. The molecular formula is C16H33N3. The first kappa shape index (κ1) is 15.3. The van der Waals surface area contributed by atoms with Crippen LogP contribution in [0.25, 0.3) is 0 Å². The van der Waals surface area contributed by atoms with Crippen LogP contribution in [0.15, 0.2) is 0 Å². The van der Waals surface area contributed by atoms with Crippen molar-refractivity contribution in [2.24, 2.45) is 0 Å². The highest BCUT2D eigenvalue weighted by atomic mass is 15.2. The fourth-order valence-electron chi connectivity index (χ4n) is 3.68. The van der Waals surface area contributed by atoms with Crippen molar-refractivity contribution in [1.29, 1.82) is 0 Å². The van der Waals surface area contributed by atoms with Crippen LogP contribution in [0, 0.1) is 0 Å². The summed E-state index contributed by atoms with van der Waals surface area (Å²) in [6.45, 7) is 3.57. The first-order valence-electron chi connectivity index (χ1n) is 8.22. The molecule has 2 fully saturated rings. The Labute approximate surface area is 119 Å². The molecule has 112 valence electrons.